The first-order valence-corrected chi connectivity index (χ1v) is 4.89. The molecule has 2 rings (SSSR count). The van der Waals surface area contributed by atoms with Gasteiger partial charge in [0.1, 0.15) is 5.76 Å². The molecule has 1 heterocycles. The van der Waals surface area contributed by atoms with Crippen LogP contribution in [0.15, 0.2) is 40.8 Å². The molecule has 0 saturated carbocycles. The number of rotatable bonds is 3. The van der Waals surface area contributed by atoms with E-state index in [1.54, 1.807) is 0 Å². The second-order valence-electron chi connectivity index (χ2n) is 3.51. The number of anilines is 2. The van der Waals surface area contributed by atoms with E-state index in [1.165, 1.54) is 5.56 Å². The van der Waals surface area contributed by atoms with Crippen LogP contribution in [0.3, 0.4) is 0 Å². The van der Waals surface area contributed by atoms with Gasteiger partial charge < -0.3 is 15.5 Å². The lowest BCUT2D eigenvalue weighted by molar-refractivity contribution is 0.546. The second-order valence-corrected chi connectivity index (χ2v) is 3.51. The van der Waals surface area contributed by atoms with Crippen LogP contribution < -0.4 is 11.1 Å². The molecule has 0 fully saturated rings. The molecule has 78 valence electrons. The Morgan fingerprint density at radius 1 is 1.13 bits per heavy atom. The van der Waals surface area contributed by atoms with Crippen molar-refractivity contribution < 1.29 is 4.42 Å². The number of benzene rings is 1. The number of hydrogen-bond acceptors (Lipinski definition) is 3. The molecule has 1 aromatic heterocycles. The third-order valence-corrected chi connectivity index (χ3v) is 2.19. The molecule has 0 amide bonds. The zero-order chi connectivity index (χ0) is 10.7. The van der Waals surface area contributed by atoms with Gasteiger partial charge in [0, 0.05) is 18.3 Å². The van der Waals surface area contributed by atoms with Crippen LogP contribution in [0.1, 0.15) is 11.3 Å². The third-order valence-electron chi connectivity index (χ3n) is 2.19. The van der Waals surface area contributed by atoms with Crippen molar-refractivity contribution in [3.05, 3.63) is 47.7 Å². The zero-order valence-corrected chi connectivity index (χ0v) is 8.66. The van der Waals surface area contributed by atoms with Gasteiger partial charge in [0.2, 0.25) is 0 Å². The molecule has 2 aromatic rings. The predicted molar refractivity (Wildman–Crippen MR) is 61.6 cm³/mol. The summed E-state index contributed by atoms with van der Waals surface area (Å²) in [6.45, 7) is 2.67. The zero-order valence-electron chi connectivity index (χ0n) is 8.66. The summed E-state index contributed by atoms with van der Waals surface area (Å²) in [5.74, 6) is 1.71. The molecule has 3 N–H and O–H groups in total. The molecular weight excluding hydrogens is 188 g/mol. The Morgan fingerprint density at radius 3 is 2.47 bits per heavy atom. The van der Waals surface area contributed by atoms with Gasteiger partial charge in [0.25, 0.3) is 0 Å². The normalized spacial score (nSPS) is 10.2. The average molecular weight is 202 g/mol. The Labute approximate surface area is 88.9 Å². The molecule has 3 heteroatoms. The highest BCUT2D eigenvalue weighted by Crippen LogP contribution is 2.13. The summed E-state index contributed by atoms with van der Waals surface area (Å²) in [7, 11) is 0. The molecule has 0 aliphatic carbocycles. The van der Waals surface area contributed by atoms with Gasteiger partial charge in [-0.2, -0.15) is 0 Å². The first-order valence-electron chi connectivity index (χ1n) is 4.89. The minimum Gasteiger partial charge on any atom is -0.446 e. The van der Waals surface area contributed by atoms with Crippen molar-refractivity contribution in [1.29, 1.82) is 0 Å². The van der Waals surface area contributed by atoms with E-state index in [1.807, 2.05) is 43.3 Å². The molecule has 0 aliphatic rings. The predicted octanol–water partition coefficient (Wildman–Crippen LogP) is 2.78. The number of aryl methyl sites for hydroxylation is 1. The van der Waals surface area contributed by atoms with E-state index in [0.717, 1.165) is 23.9 Å². The van der Waals surface area contributed by atoms with Crippen LogP contribution in [0.25, 0.3) is 0 Å². The van der Waals surface area contributed by atoms with E-state index in [-0.39, 0.29) is 0 Å². The standard InChI is InChI=1S/C12H14N2O/c1-9-2-7-12(15-9)14-8-10-3-5-11(13)6-4-10/h2-7,14H,8,13H2,1H3. The van der Waals surface area contributed by atoms with Crippen LogP contribution in [0.4, 0.5) is 11.6 Å². The highest BCUT2D eigenvalue weighted by atomic mass is 16.4. The summed E-state index contributed by atoms with van der Waals surface area (Å²) < 4.78 is 5.39. The molecular formula is C12H14N2O. The highest BCUT2D eigenvalue weighted by molar-refractivity contribution is 5.40. The SMILES string of the molecule is Cc1ccc(NCc2ccc(N)cc2)o1. The largest absolute Gasteiger partial charge is 0.446 e. The molecule has 0 unspecified atom stereocenters. The quantitative estimate of drug-likeness (QED) is 0.752. The summed E-state index contributed by atoms with van der Waals surface area (Å²) in [5.41, 5.74) is 7.56. The maximum atomic E-state index is 5.60. The molecule has 0 saturated heterocycles. The van der Waals surface area contributed by atoms with Crippen molar-refractivity contribution in [2.75, 3.05) is 11.1 Å². The average Bonchev–Trinajstić information content (AvgIpc) is 2.64. The summed E-state index contributed by atoms with van der Waals surface area (Å²) in [4.78, 5) is 0. The summed E-state index contributed by atoms with van der Waals surface area (Å²) in [6, 6.07) is 11.6. The van der Waals surface area contributed by atoms with Crippen LogP contribution >= 0.6 is 0 Å². The molecule has 0 spiro atoms. The number of furan rings is 1. The number of nitrogens with two attached hydrogens (primary N) is 1. The van der Waals surface area contributed by atoms with E-state index in [2.05, 4.69) is 5.32 Å². The summed E-state index contributed by atoms with van der Waals surface area (Å²) >= 11 is 0. The third kappa shape index (κ3) is 2.53. The molecule has 0 radical (unpaired) electrons. The monoisotopic (exact) mass is 202 g/mol. The van der Waals surface area contributed by atoms with E-state index >= 15 is 0 Å². The van der Waals surface area contributed by atoms with Crippen molar-refractivity contribution in [3.8, 4) is 0 Å². The van der Waals surface area contributed by atoms with Gasteiger partial charge in [-0.1, -0.05) is 12.1 Å². The Balaban J connectivity index is 1.96. The van der Waals surface area contributed by atoms with Crippen LogP contribution in [0.5, 0.6) is 0 Å². The molecule has 15 heavy (non-hydrogen) atoms. The molecule has 0 bridgehead atoms. The lowest BCUT2D eigenvalue weighted by atomic mass is 10.2. The van der Waals surface area contributed by atoms with Crippen LogP contribution in [-0.4, -0.2) is 0 Å². The van der Waals surface area contributed by atoms with Gasteiger partial charge in [-0.05, 0) is 30.7 Å². The van der Waals surface area contributed by atoms with Crippen molar-refractivity contribution in [2.45, 2.75) is 13.5 Å². The van der Waals surface area contributed by atoms with Crippen molar-refractivity contribution >= 4 is 11.6 Å². The number of nitrogen functional groups attached to an aromatic ring is 1. The molecule has 1 aromatic carbocycles. The Bertz CT molecular complexity index is 431. The van der Waals surface area contributed by atoms with E-state index in [9.17, 15) is 0 Å². The number of nitrogens with one attached hydrogen (secondary N) is 1. The van der Waals surface area contributed by atoms with E-state index in [4.69, 9.17) is 10.2 Å². The fourth-order valence-corrected chi connectivity index (χ4v) is 1.35. The van der Waals surface area contributed by atoms with Crippen molar-refractivity contribution in [3.63, 3.8) is 0 Å². The molecule has 0 aliphatic heterocycles. The van der Waals surface area contributed by atoms with Crippen molar-refractivity contribution in [2.24, 2.45) is 0 Å². The van der Waals surface area contributed by atoms with Crippen LogP contribution in [-0.2, 0) is 6.54 Å². The Kier molecular flexibility index (Phi) is 2.63. The summed E-state index contributed by atoms with van der Waals surface area (Å²) in [6.07, 6.45) is 0. The minimum absolute atomic E-state index is 0.743. The molecule has 0 atom stereocenters. The van der Waals surface area contributed by atoms with Gasteiger partial charge >= 0.3 is 0 Å². The maximum Gasteiger partial charge on any atom is 0.193 e. The molecule has 3 nitrogen and oxygen atoms in total. The van der Waals surface area contributed by atoms with E-state index in [0.29, 0.717) is 0 Å². The smallest absolute Gasteiger partial charge is 0.193 e. The first-order chi connectivity index (χ1) is 7.24. The summed E-state index contributed by atoms with van der Waals surface area (Å²) in [5, 5.41) is 3.19. The van der Waals surface area contributed by atoms with Crippen LogP contribution in [0, 0.1) is 6.92 Å². The fourth-order valence-electron chi connectivity index (χ4n) is 1.35. The van der Waals surface area contributed by atoms with Gasteiger partial charge in [-0.3, -0.25) is 0 Å². The topological polar surface area (TPSA) is 51.2 Å². The van der Waals surface area contributed by atoms with Crippen LogP contribution in [0.2, 0.25) is 0 Å². The first kappa shape index (κ1) is 9.65. The van der Waals surface area contributed by atoms with Gasteiger partial charge in [0.05, 0.1) is 0 Å². The van der Waals surface area contributed by atoms with E-state index < -0.39 is 0 Å². The second kappa shape index (κ2) is 4.09. The van der Waals surface area contributed by atoms with Crippen molar-refractivity contribution in [1.82, 2.24) is 0 Å². The minimum atomic E-state index is 0.743. The van der Waals surface area contributed by atoms with Gasteiger partial charge in [-0.25, -0.2) is 0 Å². The number of hydrogen-bond donors (Lipinski definition) is 2. The lowest BCUT2D eigenvalue weighted by Gasteiger charge is -2.03. The highest BCUT2D eigenvalue weighted by Gasteiger charge is 1.97. The Morgan fingerprint density at radius 2 is 1.87 bits per heavy atom. The van der Waals surface area contributed by atoms with Gasteiger partial charge in [-0.15, -0.1) is 0 Å². The fraction of sp³-hybridized carbons (Fsp3) is 0.167. The maximum absolute atomic E-state index is 5.60. The lowest BCUT2D eigenvalue weighted by Crippen LogP contribution is -1.98. The van der Waals surface area contributed by atoms with Gasteiger partial charge in [0.15, 0.2) is 5.88 Å². The Hall–Kier alpha value is -1.90.